The van der Waals surface area contributed by atoms with E-state index < -0.39 is 11.9 Å². The molecule has 0 aliphatic rings. The molecule has 0 radical (unpaired) electrons. The maximum absolute atomic E-state index is 12.1. The van der Waals surface area contributed by atoms with Crippen molar-refractivity contribution in [1.29, 1.82) is 0 Å². The standard InChI is InChI=1S/C19H18O6.2CH4/c1-13(20)14-7-9-17(10-8-14)25-19(22)16-5-3-15(4-6-16)18(21)24-12-11-23-2;;/h3-10H,11-12H2,1-2H3;2*1H4. The number of carbonyl (C=O) groups is 3. The average Bonchev–Trinajstić information content (AvgIpc) is 2.62. The fourth-order valence-electron chi connectivity index (χ4n) is 1.97. The largest absolute Gasteiger partial charge is 0.460 e. The second-order valence-electron chi connectivity index (χ2n) is 5.18. The summed E-state index contributed by atoms with van der Waals surface area (Å²) in [6, 6.07) is 12.2. The third-order valence-corrected chi connectivity index (χ3v) is 3.35. The Morgan fingerprint density at radius 1 is 0.741 bits per heavy atom. The maximum atomic E-state index is 12.1. The predicted octanol–water partition coefficient (Wildman–Crippen LogP) is 4.18. The zero-order valence-corrected chi connectivity index (χ0v) is 14.0. The van der Waals surface area contributed by atoms with E-state index in [1.165, 1.54) is 38.3 Å². The van der Waals surface area contributed by atoms with Crippen LogP contribution >= 0.6 is 0 Å². The summed E-state index contributed by atoms with van der Waals surface area (Å²) < 4.78 is 15.0. The van der Waals surface area contributed by atoms with Gasteiger partial charge in [-0.3, -0.25) is 4.79 Å². The van der Waals surface area contributed by atoms with Crippen molar-refractivity contribution >= 4 is 17.7 Å². The number of benzene rings is 2. The number of hydrogen-bond acceptors (Lipinski definition) is 6. The molecule has 0 fully saturated rings. The number of carbonyl (C=O) groups excluding carboxylic acids is 3. The fourth-order valence-corrected chi connectivity index (χ4v) is 1.97. The van der Waals surface area contributed by atoms with E-state index in [-0.39, 0.29) is 27.2 Å². The third kappa shape index (κ3) is 7.03. The molecule has 2 rings (SSSR count). The van der Waals surface area contributed by atoms with Crippen LogP contribution in [0.15, 0.2) is 48.5 Å². The summed E-state index contributed by atoms with van der Waals surface area (Å²) in [5.74, 6) is -0.782. The Bertz CT molecular complexity index is 747. The first-order valence-corrected chi connectivity index (χ1v) is 7.60. The number of Topliss-reactive ketones (excluding diaryl/α,β-unsaturated/α-hetero) is 1. The summed E-state index contributed by atoms with van der Waals surface area (Å²) in [5.41, 5.74) is 1.17. The molecule has 27 heavy (non-hydrogen) atoms. The van der Waals surface area contributed by atoms with Gasteiger partial charge in [0.25, 0.3) is 0 Å². The van der Waals surface area contributed by atoms with E-state index in [1.807, 2.05) is 0 Å². The molecular weight excluding hydrogens is 348 g/mol. The monoisotopic (exact) mass is 374 g/mol. The van der Waals surface area contributed by atoms with Crippen molar-refractivity contribution in [3.63, 3.8) is 0 Å². The van der Waals surface area contributed by atoms with Crippen LogP contribution < -0.4 is 4.74 Å². The highest BCUT2D eigenvalue weighted by molar-refractivity contribution is 5.95. The average molecular weight is 374 g/mol. The molecule has 0 aromatic heterocycles. The summed E-state index contributed by atoms with van der Waals surface area (Å²) in [6.07, 6.45) is 0. The molecule has 146 valence electrons. The first-order chi connectivity index (χ1) is 12.0. The number of esters is 2. The van der Waals surface area contributed by atoms with Gasteiger partial charge >= 0.3 is 11.9 Å². The number of methoxy groups -OCH3 is 1. The fraction of sp³-hybridized carbons (Fsp3) is 0.286. The molecule has 0 aliphatic heterocycles. The first-order valence-electron chi connectivity index (χ1n) is 7.60. The Morgan fingerprint density at radius 2 is 1.22 bits per heavy atom. The molecule has 0 unspecified atom stereocenters. The molecule has 6 nitrogen and oxygen atoms in total. The van der Waals surface area contributed by atoms with E-state index in [4.69, 9.17) is 14.2 Å². The second-order valence-corrected chi connectivity index (χ2v) is 5.18. The zero-order chi connectivity index (χ0) is 18.2. The van der Waals surface area contributed by atoms with Crippen LogP contribution in [-0.2, 0) is 9.47 Å². The van der Waals surface area contributed by atoms with Crippen LogP contribution in [-0.4, -0.2) is 38.0 Å². The molecule has 0 atom stereocenters. The molecule has 0 saturated heterocycles. The van der Waals surface area contributed by atoms with Crippen LogP contribution in [0.3, 0.4) is 0 Å². The topological polar surface area (TPSA) is 78.9 Å². The van der Waals surface area contributed by atoms with E-state index in [9.17, 15) is 14.4 Å². The molecule has 0 heterocycles. The van der Waals surface area contributed by atoms with Gasteiger partial charge in [-0.1, -0.05) is 14.9 Å². The zero-order valence-electron chi connectivity index (χ0n) is 14.0. The van der Waals surface area contributed by atoms with Gasteiger partial charge in [-0.2, -0.15) is 0 Å². The van der Waals surface area contributed by atoms with Gasteiger partial charge < -0.3 is 14.2 Å². The Balaban J connectivity index is 0.00000338. The van der Waals surface area contributed by atoms with E-state index in [0.717, 1.165) is 0 Å². The summed E-state index contributed by atoms with van der Waals surface area (Å²) in [7, 11) is 1.52. The minimum Gasteiger partial charge on any atom is -0.460 e. The molecule has 6 heteroatoms. The van der Waals surface area contributed by atoms with Crippen molar-refractivity contribution in [2.45, 2.75) is 21.8 Å². The van der Waals surface area contributed by atoms with Crippen LogP contribution in [0.4, 0.5) is 0 Å². The van der Waals surface area contributed by atoms with Gasteiger partial charge in [0.15, 0.2) is 5.78 Å². The molecule has 0 bridgehead atoms. The van der Waals surface area contributed by atoms with E-state index >= 15 is 0 Å². The summed E-state index contributed by atoms with van der Waals surface area (Å²) >= 11 is 0. The summed E-state index contributed by atoms with van der Waals surface area (Å²) in [5, 5.41) is 0. The molecule has 0 N–H and O–H groups in total. The minimum absolute atomic E-state index is 0. The molecule has 2 aromatic rings. The van der Waals surface area contributed by atoms with Crippen LogP contribution in [0, 0.1) is 0 Å². The number of ether oxygens (including phenoxy) is 3. The predicted molar refractivity (Wildman–Crippen MR) is 103 cm³/mol. The van der Waals surface area contributed by atoms with Gasteiger partial charge in [0.05, 0.1) is 17.7 Å². The van der Waals surface area contributed by atoms with Crippen molar-refractivity contribution in [2.75, 3.05) is 20.3 Å². The van der Waals surface area contributed by atoms with Gasteiger partial charge in [0.1, 0.15) is 12.4 Å². The molecule has 0 amide bonds. The quantitative estimate of drug-likeness (QED) is 0.313. The second kappa shape index (κ2) is 11.6. The lowest BCUT2D eigenvalue weighted by Gasteiger charge is -2.06. The Hall–Kier alpha value is -2.99. The smallest absolute Gasteiger partial charge is 0.343 e. The maximum Gasteiger partial charge on any atom is 0.343 e. The lowest BCUT2D eigenvalue weighted by molar-refractivity contribution is 0.0387. The summed E-state index contributed by atoms with van der Waals surface area (Å²) in [4.78, 5) is 35.1. The molecule has 0 saturated carbocycles. The highest BCUT2D eigenvalue weighted by Crippen LogP contribution is 2.15. The van der Waals surface area contributed by atoms with Crippen molar-refractivity contribution < 1.29 is 28.6 Å². The first kappa shape index (κ1) is 24.0. The Labute approximate surface area is 160 Å². The Kier molecular flexibility index (Phi) is 10.3. The SMILES string of the molecule is C.C.COCCOC(=O)c1ccc(C(=O)Oc2ccc(C(C)=O)cc2)cc1. The summed E-state index contributed by atoms with van der Waals surface area (Å²) in [6.45, 7) is 1.94. The highest BCUT2D eigenvalue weighted by atomic mass is 16.6. The van der Waals surface area contributed by atoms with Gasteiger partial charge in [0, 0.05) is 12.7 Å². The van der Waals surface area contributed by atoms with Gasteiger partial charge in [-0.15, -0.1) is 0 Å². The van der Waals surface area contributed by atoms with E-state index in [1.54, 1.807) is 24.3 Å². The van der Waals surface area contributed by atoms with Crippen LogP contribution in [0.25, 0.3) is 0 Å². The molecule has 2 aromatic carbocycles. The molecule has 0 aliphatic carbocycles. The van der Waals surface area contributed by atoms with Gasteiger partial charge in [-0.25, -0.2) is 9.59 Å². The van der Waals surface area contributed by atoms with E-state index in [0.29, 0.717) is 29.0 Å². The van der Waals surface area contributed by atoms with Crippen molar-refractivity contribution in [3.8, 4) is 5.75 Å². The minimum atomic E-state index is -0.560. The Morgan fingerprint density at radius 3 is 1.70 bits per heavy atom. The number of hydrogen-bond donors (Lipinski definition) is 0. The lowest BCUT2D eigenvalue weighted by Crippen LogP contribution is -2.11. The molecular formula is C21H26O6. The van der Waals surface area contributed by atoms with Crippen molar-refractivity contribution in [3.05, 3.63) is 65.2 Å². The number of ketones is 1. The van der Waals surface area contributed by atoms with Gasteiger partial charge in [-0.05, 0) is 55.5 Å². The highest BCUT2D eigenvalue weighted by Gasteiger charge is 2.12. The van der Waals surface area contributed by atoms with Crippen LogP contribution in [0.5, 0.6) is 5.75 Å². The lowest BCUT2D eigenvalue weighted by atomic mass is 10.1. The van der Waals surface area contributed by atoms with Crippen LogP contribution in [0.1, 0.15) is 52.9 Å². The third-order valence-electron chi connectivity index (χ3n) is 3.35. The van der Waals surface area contributed by atoms with Crippen LogP contribution in [0.2, 0.25) is 0 Å². The van der Waals surface area contributed by atoms with E-state index in [2.05, 4.69) is 0 Å². The molecule has 0 spiro atoms. The normalized spacial score (nSPS) is 9.41. The number of rotatable bonds is 7. The van der Waals surface area contributed by atoms with Crippen molar-refractivity contribution in [1.82, 2.24) is 0 Å². The van der Waals surface area contributed by atoms with Gasteiger partial charge in [0.2, 0.25) is 0 Å². The van der Waals surface area contributed by atoms with Crippen molar-refractivity contribution in [2.24, 2.45) is 0 Å².